The number of rotatable bonds is 9. The van der Waals surface area contributed by atoms with Gasteiger partial charge in [0.1, 0.15) is 17.7 Å². The quantitative estimate of drug-likeness (QED) is 0.127. The Morgan fingerprint density at radius 3 is 1.88 bits per heavy atom. The third-order valence-corrected chi connectivity index (χ3v) is 8.83. The Bertz CT molecular complexity index is 2250. The number of carbonyl (C=O) groups is 1. The fraction of sp³-hybridized carbons (Fsp3) is 0.0488. The lowest BCUT2D eigenvalue weighted by Crippen LogP contribution is -2.39. The van der Waals surface area contributed by atoms with Crippen molar-refractivity contribution >= 4 is 17.0 Å². The van der Waals surface area contributed by atoms with Crippen LogP contribution in [0.25, 0.3) is 33.5 Å². The van der Waals surface area contributed by atoms with Crippen LogP contribution in [0.4, 0.5) is 0 Å². The third-order valence-electron chi connectivity index (χ3n) is 8.83. The summed E-state index contributed by atoms with van der Waals surface area (Å²) in [6.45, 7) is 0.133. The van der Waals surface area contributed by atoms with E-state index in [9.17, 15) is 4.79 Å². The van der Waals surface area contributed by atoms with Crippen molar-refractivity contribution in [2.45, 2.75) is 12.1 Å². The van der Waals surface area contributed by atoms with Crippen LogP contribution in [0.2, 0.25) is 0 Å². The van der Waals surface area contributed by atoms with Crippen molar-refractivity contribution in [2.24, 2.45) is 0 Å². The molecule has 0 radical (unpaired) electrons. The molecule has 0 fully saturated rings. The minimum absolute atomic E-state index is 0.133. The van der Waals surface area contributed by atoms with Crippen LogP contribution in [0.15, 0.2) is 164 Å². The van der Waals surface area contributed by atoms with Gasteiger partial charge in [-0.25, -0.2) is 14.5 Å². The van der Waals surface area contributed by atoms with E-state index in [1.807, 2.05) is 108 Å². The monoisotopic (exact) mass is 638 g/mol. The molecule has 2 heterocycles. The van der Waals surface area contributed by atoms with Crippen LogP contribution in [0, 0.1) is 0 Å². The second-order valence-electron chi connectivity index (χ2n) is 11.6. The van der Waals surface area contributed by atoms with Crippen LogP contribution in [0.3, 0.4) is 0 Å². The number of tetrazole rings is 1. The summed E-state index contributed by atoms with van der Waals surface area (Å²) < 4.78 is 7.62. The van der Waals surface area contributed by atoms with Gasteiger partial charge in [-0.3, -0.25) is 0 Å². The average Bonchev–Trinajstić information content (AvgIpc) is 3.87. The van der Waals surface area contributed by atoms with Crippen molar-refractivity contribution in [3.8, 4) is 22.5 Å². The molecule has 0 unspecified atom stereocenters. The van der Waals surface area contributed by atoms with Crippen molar-refractivity contribution in [3.63, 3.8) is 0 Å². The molecule has 8 heteroatoms. The third kappa shape index (κ3) is 5.35. The van der Waals surface area contributed by atoms with E-state index in [0.717, 1.165) is 44.5 Å². The summed E-state index contributed by atoms with van der Waals surface area (Å²) in [5.74, 6) is 0.204. The highest BCUT2D eigenvalue weighted by atomic mass is 16.5. The van der Waals surface area contributed by atoms with Gasteiger partial charge in [0.25, 0.3) is 0 Å². The predicted octanol–water partition coefficient (Wildman–Crippen LogP) is 8.08. The van der Waals surface area contributed by atoms with E-state index in [0.29, 0.717) is 16.9 Å². The number of H-pyrrole nitrogens is 1. The summed E-state index contributed by atoms with van der Waals surface area (Å²) in [5.41, 5.74) is 7.72. The topological polar surface area (TPSA) is 98.6 Å². The first-order valence-electron chi connectivity index (χ1n) is 16.0. The Morgan fingerprint density at radius 2 is 1.24 bits per heavy atom. The van der Waals surface area contributed by atoms with Gasteiger partial charge in [-0.1, -0.05) is 146 Å². The molecular weight excluding hydrogens is 608 g/mol. The molecule has 8 nitrogen and oxygen atoms in total. The number of esters is 1. The first-order chi connectivity index (χ1) is 24.2. The molecule has 0 bridgehead atoms. The van der Waals surface area contributed by atoms with Crippen LogP contribution >= 0.6 is 0 Å². The molecule has 0 spiro atoms. The van der Waals surface area contributed by atoms with Crippen LogP contribution in [0.5, 0.6) is 0 Å². The van der Waals surface area contributed by atoms with E-state index in [1.165, 1.54) is 0 Å². The summed E-state index contributed by atoms with van der Waals surface area (Å²) in [6, 6.07) is 52.6. The van der Waals surface area contributed by atoms with Gasteiger partial charge in [-0.2, -0.15) is 0 Å². The molecule has 8 aromatic rings. The number of carbonyl (C=O) groups excluding carboxylic acids is 1. The number of aromatic nitrogens is 6. The average molecular weight is 639 g/mol. The lowest BCUT2D eigenvalue weighted by molar-refractivity contribution is 0.0475. The molecule has 236 valence electrons. The first kappa shape index (κ1) is 29.7. The highest BCUT2D eigenvalue weighted by Crippen LogP contribution is 2.43. The van der Waals surface area contributed by atoms with Crippen molar-refractivity contribution < 1.29 is 9.53 Å². The zero-order valence-corrected chi connectivity index (χ0v) is 26.3. The molecule has 0 atom stereocenters. The summed E-state index contributed by atoms with van der Waals surface area (Å²) in [5, 5.41) is 13.7. The van der Waals surface area contributed by atoms with E-state index in [2.05, 4.69) is 68.8 Å². The standard InChI is InChI=1S/C41H30N6O2/c48-40(36-21-12-22-37-38(36)43-28-42-37)49-27-29-23-25-30(26-24-29)34-19-10-11-20-35(34)39-44-45-46-47(39)41(31-13-4-1-5-14-31,32-15-6-2-7-16-32)33-17-8-3-9-18-33/h1-26,28H,27H2,(H,42,43). The van der Waals surface area contributed by atoms with E-state index in [4.69, 9.17) is 9.95 Å². The zero-order valence-electron chi connectivity index (χ0n) is 26.3. The lowest BCUT2D eigenvalue weighted by atomic mass is 9.77. The van der Waals surface area contributed by atoms with Gasteiger partial charge < -0.3 is 9.72 Å². The number of hydrogen-bond donors (Lipinski definition) is 1. The van der Waals surface area contributed by atoms with E-state index in [-0.39, 0.29) is 6.61 Å². The number of fused-ring (bicyclic) bond motifs is 1. The second kappa shape index (κ2) is 12.8. The van der Waals surface area contributed by atoms with E-state index >= 15 is 0 Å². The minimum atomic E-state index is -0.871. The van der Waals surface area contributed by atoms with Gasteiger partial charge in [-0.05, 0) is 55.9 Å². The maximum absolute atomic E-state index is 12.9. The number of imidazole rings is 1. The molecular formula is C41H30N6O2. The van der Waals surface area contributed by atoms with Crippen molar-refractivity contribution in [1.82, 2.24) is 30.2 Å². The minimum Gasteiger partial charge on any atom is -0.457 e. The molecule has 0 saturated heterocycles. The number of hydrogen-bond acceptors (Lipinski definition) is 6. The lowest BCUT2D eigenvalue weighted by Gasteiger charge is -2.36. The normalized spacial score (nSPS) is 11.4. The van der Waals surface area contributed by atoms with Gasteiger partial charge >= 0.3 is 5.97 Å². The summed E-state index contributed by atoms with van der Waals surface area (Å²) in [4.78, 5) is 20.2. The van der Waals surface area contributed by atoms with Gasteiger partial charge in [0, 0.05) is 5.56 Å². The van der Waals surface area contributed by atoms with E-state index < -0.39 is 11.5 Å². The van der Waals surface area contributed by atoms with Crippen LogP contribution in [-0.2, 0) is 16.9 Å². The zero-order chi connectivity index (χ0) is 33.0. The summed E-state index contributed by atoms with van der Waals surface area (Å²) in [7, 11) is 0. The van der Waals surface area contributed by atoms with Gasteiger partial charge in [0.05, 0.1) is 17.4 Å². The molecule has 0 amide bonds. The molecule has 6 aromatic carbocycles. The van der Waals surface area contributed by atoms with Gasteiger partial charge in [0.15, 0.2) is 5.82 Å². The number of para-hydroxylation sites is 1. The predicted molar refractivity (Wildman–Crippen MR) is 189 cm³/mol. The molecule has 0 saturated carbocycles. The number of nitrogens with one attached hydrogen (secondary N) is 1. The SMILES string of the molecule is O=C(OCc1ccc(-c2ccccc2-c2nnnn2C(c2ccccc2)(c2ccccc2)c2ccccc2)cc1)c1cccc2[nH]cnc12. The highest BCUT2D eigenvalue weighted by molar-refractivity contribution is 6.01. The molecule has 0 aliphatic carbocycles. The van der Waals surface area contributed by atoms with Gasteiger partial charge in [0.2, 0.25) is 0 Å². The summed E-state index contributed by atoms with van der Waals surface area (Å²) in [6.07, 6.45) is 1.57. The molecule has 2 aromatic heterocycles. The van der Waals surface area contributed by atoms with E-state index in [1.54, 1.807) is 12.4 Å². The second-order valence-corrected chi connectivity index (χ2v) is 11.6. The van der Waals surface area contributed by atoms with Crippen LogP contribution in [0.1, 0.15) is 32.6 Å². The number of nitrogens with zero attached hydrogens (tertiary/aromatic N) is 5. The highest BCUT2D eigenvalue weighted by Gasteiger charge is 2.42. The molecule has 1 N–H and O–H groups in total. The van der Waals surface area contributed by atoms with Crippen molar-refractivity contribution in [3.05, 3.63) is 192 Å². The molecule has 49 heavy (non-hydrogen) atoms. The Morgan fingerprint density at radius 1 is 0.653 bits per heavy atom. The van der Waals surface area contributed by atoms with Gasteiger partial charge in [-0.15, -0.1) is 5.10 Å². The fourth-order valence-corrected chi connectivity index (χ4v) is 6.55. The maximum atomic E-state index is 12.9. The Labute approximate surface area is 282 Å². The summed E-state index contributed by atoms with van der Waals surface area (Å²) >= 11 is 0. The Hall–Kier alpha value is -6.67. The number of benzene rings is 6. The van der Waals surface area contributed by atoms with Crippen molar-refractivity contribution in [2.75, 3.05) is 0 Å². The maximum Gasteiger partial charge on any atom is 0.340 e. The smallest absolute Gasteiger partial charge is 0.340 e. The molecule has 8 rings (SSSR count). The largest absolute Gasteiger partial charge is 0.457 e. The Balaban J connectivity index is 1.17. The first-order valence-corrected chi connectivity index (χ1v) is 16.0. The Kier molecular flexibility index (Phi) is 7.79. The van der Waals surface area contributed by atoms with Crippen molar-refractivity contribution in [1.29, 1.82) is 0 Å². The molecule has 0 aliphatic heterocycles. The number of aromatic amines is 1. The molecule has 0 aliphatic rings. The number of ether oxygens (including phenoxy) is 1. The van der Waals surface area contributed by atoms with Crippen LogP contribution < -0.4 is 0 Å². The fourth-order valence-electron chi connectivity index (χ4n) is 6.55. The van der Waals surface area contributed by atoms with Crippen LogP contribution in [-0.4, -0.2) is 36.1 Å².